The van der Waals surface area contributed by atoms with E-state index in [1.54, 1.807) is 6.07 Å². The molecule has 2 nitrogen and oxygen atoms in total. The molecule has 0 bridgehead atoms. The van der Waals surface area contributed by atoms with Gasteiger partial charge in [-0.1, -0.05) is 35.3 Å². The predicted octanol–water partition coefficient (Wildman–Crippen LogP) is 3.63. The third-order valence-electron chi connectivity index (χ3n) is 3.60. The Balaban J connectivity index is 1.77. The second-order valence-electron chi connectivity index (χ2n) is 5.02. The molecule has 4 heteroatoms. The first kappa shape index (κ1) is 14.1. The lowest BCUT2D eigenvalue weighted by atomic mass is 9.87. The van der Waals surface area contributed by atoms with Crippen LogP contribution in [0, 0.1) is 5.92 Å². The average molecular weight is 288 g/mol. The van der Waals surface area contributed by atoms with Crippen LogP contribution in [0.25, 0.3) is 0 Å². The summed E-state index contributed by atoms with van der Waals surface area (Å²) < 4.78 is 0. The van der Waals surface area contributed by atoms with Gasteiger partial charge in [0.2, 0.25) is 0 Å². The molecular formula is C14H19Cl2NO. The minimum Gasteiger partial charge on any atom is -0.393 e. The predicted molar refractivity (Wildman–Crippen MR) is 76.1 cm³/mol. The van der Waals surface area contributed by atoms with E-state index in [2.05, 4.69) is 5.32 Å². The summed E-state index contributed by atoms with van der Waals surface area (Å²) in [6.07, 6.45) is 4.01. The number of aliphatic hydroxyl groups excluding tert-OH is 1. The highest BCUT2D eigenvalue weighted by atomic mass is 35.5. The second kappa shape index (κ2) is 6.76. The van der Waals surface area contributed by atoms with Crippen molar-refractivity contribution < 1.29 is 5.11 Å². The monoisotopic (exact) mass is 287 g/mol. The van der Waals surface area contributed by atoms with Gasteiger partial charge in [0.1, 0.15) is 0 Å². The molecule has 100 valence electrons. The molecule has 0 heterocycles. The molecule has 0 unspecified atom stereocenters. The molecule has 1 aliphatic rings. The van der Waals surface area contributed by atoms with Crippen LogP contribution < -0.4 is 5.32 Å². The zero-order valence-electron chi connectivity index (χ0n) is 10.3. The van der Waals surface area contributed by atoms with Crippen LogP contribution in [0.1, 0.15) is 31.2 Å². The Kier molecular flexibility index (Phi) is 5.31. The van der Waals surface area contributed by atoms with Crippen LogP contribution in [-0.4, -0.2) is 17.8 Å². The van der Waals surface area contributed by atoms with E-state index in [0.717, 1.165) is 44.3 Å². The molecule has 18 heavy (non-hydrogen) atoms. The number of hydrogen-bond acceptors (Lipinski definition) is 2. The van der Waals surface area contributed by atoms with Gasteiger partial charge in [0.15, 0.2) is 0 Å². The minimum absolute atomic E-state index is 0.0800. The van der Waals surface area contributed by atoms with Gasteiger partial charge in [-0.05, 0) is 49.8 Å². The first-order chi connectivity index (χ1) is 8.66. The van der Waals surface area contributed by atoms with Gasteiger partial charge in [-0.2, -0.15) is 0 Å². The van der Waals surface area contributed by atoms with Crippen molar-refractivity contribution in [2.45, 2.75) is 38.3 Å². The quantitative estimate of drug-likeness (QED) is 0.886. The summed E-state index contributed by atoms with van der Waals surface area (Å²) in [5.41, 5.74) is 1.04. The lowest BCUT2D eigenvalue weighted by Gasteiger charge is -2.25. The normalized spacial score (nSPS) is 24.2. The zero-order chi connectivity index (χ0) is 13.0. The Morgan fingerprint density at radius 3 is 2.61 bits per heavy atom. The topological polar surface area (TPSA) is 32.3 Å². The molecule has 0 atom stereocenters. The molecule has 1 saturated carbocycles. The van der Waals surface area contributed by atoms with Crippen LogP contribution >= 0.6 is 23.2 Å². The Morgan fingerprint density at radius 1 is 1.17 bits per heavy atom. The van der Waals surface area contributed by atoms with Crippen molar-refractivity contribution in [1.29, 1.82) is 0 Å². The van der Waals surface area contributed by atoms with Gasteiger partial charge in [-0.3, -0.25) is 0 Å². The van der Waals surface area contributed by atoms with Crippen LogP contribution in [0.2, 0.25) is 10.0 Å². The molecule has 1 aromatic rings. The van der Waals surface area contributed by atoms with Gasteiger partial charge < -0.3 is 10.4 Å². The van der Waals surface area contributed by atoms with Crippen molar-refractivity contribution in [3.05, 3.63) is 33.8 Å². The van der Waals surface area contributed by atoms with E-state index >= 15 is 0 Å². The van der Waals surface area contributed by atoms with E-state index in [-0.39, 0.29) is 6.10 Å². The molecule has 0 amide bonds. The summed E-state index contributed by atoms with van der Waals surface area (Å²) in [7, 11) is 0. The Morgan fingerprint density at radius 2 is 1.89 bits per heavy atom. The summed E-state index contributed by atoms with van der Waals surface area (Å²) in [6, 6.07) is 5.71. The standard InChI is InChI=1S/C14H19Cl2NO/c15-13-3-1-2-11(14(13)16)9-17-8-10-4-6-12(18)7-5-10/h1-3,10,12,17-18H,4-9H2. The Hall–Kier alpha value is -0.280. The molecule has 0 aliphatic heterocycles. The number of benzene rings is 1. The number of aliphatic hydroxyl groups is 1. The van der Waals surface area contributed by atoms with Crippen molar-refractivity contribution >= 4 is 23.2 Å². The third-order valence-corrected chi connectivity index (χ3v) is 4.45. The third kappa shape index (κ3) is 3.86. The van der Waals surface area contributed by atoms with E-state index in [4.69, 9.17) is 23.2 Å². The molecule has 1 aliphatic carbocycles. The van der Waals surface area contributed by atoms with Gasteiger partial charge in [-0.25, -0.2) is 0 Å². The van der Waals surface area contributed by atoms with Crippen molar-refractivity contribution in [2.24, 2.45) is 5.92 Å². The SMILES string of the molecule is OC1CCC(CNCc2cccc(Cl)c2Cl)CC1. The van der Waals surface area contributed by atoms with Crippen molar-refractivity contribution in [2.75, 3.05) is 6.54 Å². The molecule has 2 N–H and O–H groups in total. The fourth-order valence-corrected chi connectivity index (χ4v) is 2.83. The number of halogens is 2. The maximum atomic E-state index is 9.44. The smallest absolute Gasteiger partial charge is 0.0637 e. The first-order valence-corrected chi connectivity index (χ1v) is 7.24. The van der Waals surface area contributed by atoms with Crippen molar-refractivity contribution in [3.63, 3.8) is 0 Å². The fraction of sp³-hybridized carbons (Fsp3) is 0.571. The lowest BCUT2D eigenvalue weighted by molar-refractivity contribution is 0.108. The molecule has 0 saturated heterocycles. The largest absolute Gasteiger partial charge is 0.393 e. The molecule has 1 aromatic carbocycles. The highest BCUT2D eigenvalue weighted by Crippen LogP contribution is 2.26. The maximum absolute atomic E-state index is 9.44. The summed E-state index contributed by atoms with van der Waals surface area (Å²) in [5, 5.41) is 14.1. The van der Waals surface area contributed by atoms with E-state index in [0.29, 0.717) is 16.0 Å². The molecule has 0 spiro atoms. The Labute approximate surface area is 118 Å². The summed E-state index contributed by atoms with van der Waals surface area (Å²) in [4.78, 5) is 0. The molecule has 1 fully saturated rings. The Bertz CT molecular complexity index is 389. The van der Waals surface area contributed by atoms with Crippen LogP contribution in [-0.2, 0) is 6.54 Å². The van der Waals surface area contributed by atoms with E-state index < -0.39 is 0 Å². The number of rotatable bonds is 4. The first-order valence-electron chi connectivity index (χ1n) is 6.48. The van der Waals surface area contributed by atoms with Crippen molar-refractivity contribution in [3.8, 4) is 0 Å². The van der Waals surface area contributed by atoms with Gasteiger partial charge >= 0.3 is 0 Å². The van der Waals surface area contributed by atoms with Crippen LogP contribution in [0.5, 0.6) is 0 Å². The minimum atomic E-state index is -0.0800. The fourth-order valence-electron chi connectivity index (χ4n) is 2.44. The number of hydrogen-bond donors (Lipinski definition) is 2. The zero-order valence-corrected chi connectivity index (χ0v) is 11.8. The molecule has 0 radical (unpaired) electrons. The average Bonchev–Trinajstić information content (AvgIpc) is 2.37. The van der Waals surface area contributed by atoms with Gasteiger partial charge in [0.05, 0.1) is 16.1 Å². The van der Waals surface area contributed by atoms with Gasteiger partial charge in [-0.15, -0.1) is 0 Å². The summed E-state index contributed by atoms with van der Waals surface area (Å²) >= 11 is 12.1. The second-order valence-corrected chi connectivity index (χ2v) is 5.80. The highest BCUT2D eigenvalue weighted by molar-refractivity contribution is 6.42. The molecule has 2 rings (SSSR count). The van der Waals surface area contributed by atoms with E-state index in [1.165, 1.54) is 0 Å². The van der Waals surface area contributed by atoms with Crippen LogP contribution in [0.4, 0.5) is 0 Å². The van der Waals surface area contributed by atoms with Gasteiger partial charge in [0, 0.05) is 6.54 Å². The lowest BCUT2D eigenvalue weighted by Crippen LogP contribution is -2.27. The van der Waals surface area contributed by atoms with Gasteiger partial charge in [0.25, 0.3) is 0 Å². The summed E-state index contributed by atoms with van der Waals surface area (Å²) in [6.45, 7) is 1.73. The molecular weight excluding hydrogens is 269 g/mol. The molecule has 0 aromatic heterocycles. The van der Waals surface area contributed by atoms with E-state index in [9.17, 15) is 5.11 Å². The maximum Gasteiger partial charge on any atom is 0.0637 e. The summed E-state index contributed by atoms with van der Waals surface area (Å²) in [5.74, 6) is 0.673. The van der Waals surface area contributed by atoms with Crippen LogP contribution in [0.15, 0.2) is 18.2 Å². The van der Waals surface area contributed by atoms with Crippen molar-refractivity contribution in [1.82, 2.24) is 5.32 Å². The van der Waals surface area contributed by atoms with Crippen LogP contribution in [0.3, 0.4) is 0 Å². The van der Waals surface area contributed by atoms with E-state index in [1.807, 2.05) is 12.1 Å². The number of nitrogens with one attached hydrogen (secondary N) is 1. The highest BCUT2D eigenvalue weighted by Gasteiger charge is 2.18.